The Labute approximate surface area is 216 Å². The first-order chi connectivity index (χ1) is 18.2. The Hall–Kier alpha value is -4.13. The summed E-state index contributed by atoms with van der Waals surface area (Å²) in [5, 5.41) is 13.2. The van der Waals surface area contributed by atoms with E-state index in [1.165, 1.54) is 18.7 Å². The molecule has 0 radical (unpaired) electrons. The summed E-state index contributed by atoms with van der Waals surface area (Å²) < 4.78 is 28.8. The number of Topliss-reactive ketones (excluding diaryl/α,β-unsaturated/α-hetero) is 1. The number of ketones is 1. The number of aromatic nitrogens is 4. The van der Waals surface area contributed by atoms with Gasteiger partial charge in [-0.2, -0.15) is 0 Å². The van der Waals surface area contributed by atoms with Gasteiger partial charge in [-0.05, 0) is 47.9 Å². The fourth-order valence-corrected chi connectivity index (χ4v) is 4.02. The molecule has 0 saturated heterocycles. The number of hydrogen-bond acceptors (Lipinski definition) is 8. The number of aliphatic hydroxyl groups excluding tert-OH is 1. The minimum atomic E-state index is -1.45. The molecule has 3 unspecified atom stereocenters. The van der Waals surface area contributed by atoms with Crippen LogP contribution in [-0.4, -0.2) is 61.0 Å². The predicted octanol–water partition coefficient (Wildman–Crippen LogP) is 0.904. The van der Waals surface area contributed by atoms with E-state index in [2.05, 4.69) is 20.3 Å². The first-order valence-electron chi connectivity index (χ1n) is 11.8. The van der Waals surface area contributed by atoms with Crippen molar-refractivity contribution in [1.82, 2.24) is 24.8 Å². The fourth-order valence-electron chi connectivity index (χ4n) is 4.02. The highest BCUT2D eigenvalue weighted by atomic mass is 19.1. The van der Waals surface area contributed by atoms with Gasteiger partial charge < -0.3 is 26.5 Å². The summed E-state index contributed by atoms with van der Waals surface area (Å²) in [7, 11) is 0. The third kappa shape index (κ3) is 6.59. The average molecular weight is 524 g/mol. The van der Waals surface area contributed by atoms with Crippen molar-refractivity contribution < 1.29 is 23.5 Å². The number of halogens is 2. The van der Waals surface area contributed by atoms with E-state index in [9.17, 15) is 23.5 Å². The van der Waals surface area contributed by atoms with Gasteiger partial charge in [0.05, 0.1) is 18.6 Å². The monoisotopic (exact) mass is 523 g/mol. The van der Waals surface area contributed by atoms with Gasteiger partial charge >= 0.3 is 0 Å². The number of hydrogen-bond donors (Lipinski definition) is 4. The van der Waals surface area contributed by atoms with Crippen molar-refractivity contribution in [2.75, 3.05) is 6.54 Å². The van der Waals surface area contributed by atoms with Crippen LogP contribution in [0.5, 0.6) is 0 Å². The van der Waals surface area contributed by atoms with Crippen LogP contribution in [0.15, 0.2) is 61.3 Å². The lowest BCUT2D eigenvalue weighted by atomic mass is 9.99. The molecule has 0 aliphatic rings. The van der Waals surface area contributed by atoms with Gasteiger partial charge in [-0.3, -0.25) is 9.59 Å². The number of carbonyl (C=O) groups is 2. The van der Waals surface area contributed by atoms with Crippen LogP contribution < -0.4 is 16.8 Å². The van der Waals surface area contributed by atoms with E-state index in [-0.39, 0.29) is 37.1 Å². The van der Waals surface area contributed by atoms with E-state index in [4.69, 9.17) is 11.5 Å². The number of nitrogens with zero attached hydrogens (tertiary/aromatic N) is 4. The number of aliphatic hydroxyl groups is 1. The molecule has 4 aromatic rings. The van der Waals surface area contributed by atoms with E-state index in [1.807, 2.05) is 0 Å². The topological polar surface area (TPSA) is 162 Å². The Balaban J connectivity index is 1.31. The minimum absolute atomic E-state index is 0.0271. The standard InChI is InChI=1S/C26H27F2N7O3/c27-18-4-5-20(28)17(8-18)9-19(29)10-32-26(38)16-3-1-2-15(6-16)7-23(36)24(37)21(30)12-35-14-34-22-11-31-13-33-25(22)35/h1-6,8,11,13-14,19,21,24,37H,7,9-10,12,29-30H2,(H,32,38). The molecule has 10 nitrogen and oxygen atoms in total. The molecule has 1 amide bonds. The maximum absolute atomic E-state index is 13.8. The van der Waals surface area contributed by atoms with Crippen LogP contribution in [0.25, 0.3) is 11.2 Å². The number of rotatable bonds is 11. The van der Waals surface area contributed by atoms with Crippen molar-refractivity contribution in [3.8, 4) is 0 Å². The van der Waals surface area contributed by atoms with Gasteiger partial charge in [0.15, 0.2) is 11.4 Å². The Morgan fingerprint density at radius 2 is 1.92 bits per heavy atom. The molecule has 0 spiro atoms. The van der Waals surface area contributed by atoms with E-state index in [0.29, 0.717) is 16.7 Å². The first-order valence-corrected chi connectivity index (χ1v) is 11.8. The molecule has 38 heavy (non-hydrogen) atoms. The maximum atomic E-state index is 13.8. The predicted molar refractivity (Wildman–Crippen MR) is 135 cm³/mol. The van der Waals surface area contributed by atoms with Crippen molar-refractivity contribution >= 4 is 22.9 Å². The van der Waals surface area contributed by atoms with Gasteiger partial charge in [0.25, 0.3) is 5.91 Å². The van der Waals surface area contributed by atoms with Crippen molar-refractivity contribution in [3.05, 3.63) is 89.6 Å². The lowest BCUT2D eigenvalue weighted by molar-refractivity contribution is -0.127. The molecular weight excluding hydrogens is 496 g/mol. The summed E-state index contributed by atoms with van der Waals surface area (Å²) in [4.78, 5) is 37.5. The number of carbonyl (C=O) groups excluding carboxylic acids is 2. The first kappa shape index (κ1) is 26.9. The molecule has 12 heteroatoms. The molecule has 6 N–H and O–H groups in total. The maximum Gasteiger partial charge on any atom is 0.251 e. The highest BCUT2D eigenvalue weighted by Gasteiger charge is 2.24. The number of nitrogens with one attached hydrogen (secondary N) is 1. The van der Waals surface area contributed by atoms with Crippen LogP contribution in [0.3, 0.4) is 0 Å². The van der Waals surface area contributed by atoms with E-state index >= 15 is 0 Å². The summed E-state index contributed by atoms with van der Waals surface area (Å²) in [5.74, 6) is -2.09. The summed E-state index contributed by atoms with van der Waals surface area (Å²) in [6, 6.07) is 7.94. The van der Waals surface area contributed by atoms with Crippen LogP contribution in [0.2, 0.25) is 0 Å². The molecule has 2 aromatic carbocycles. The second-order valence-corrected chi connectivity index (χ2v) is 8.99. The van der Waals surface area contributed by atoms with Gasteiger partial charge in [0.1, 0.15) is 29.6 Å². The van der Waals surface area contributed by atoms with Gasteiger partial charge in [-0.25, -0.2) is 23.7 Å². The number of benzene rings is 2. The summed E-state index contributed by atoms with van der Waals surface area (Å²) in [6.07, 6.45) is 2.88. The second kappa shape index (κ2) is 11.9. The zero-order valence-corrected chi connectivity index (χ0v) is 20.3. The molecule has 2 aromatic heterocycles. The smallest absolute Gasteiger partial charge is 0.251 e. The fraction of sp³-hybridized carbons (Fsp3) is 0.269. The molecule has 0 fully saturated rings. The van der Waals surface area contributed by atoms with E-state index in [0.717, 1.165) is 18.2 Å². The van der Waals surface area contributed by atoms with Gasteiger partial charge in [0, 0.05) is 31.1 Å². The highest BCUT2D eigenvalue weighted by molar-refractivity contribution is 5.95. The zero-order chi connectivity index (χ0) is 27.2. The normalized spacial score (nSPS) is 13.7. The summed E-state index contributed by atoms with van der Waals surface area (Å²) in [5.41, 5.74) is 14.1. The van der Waals surface area contributed by atoms with Crippen LogP contribution >= 0.6 is 0 Å². The third-order valence-electron chi connectivity index (χ3n) is 6.01. The molecule has 0 bridgehead atoms. The van der Waals surface area contributed by atoms with Gasteiger partial charge in [0.2, 0.25) is 0 Å². The summed E-state index contributed by atoms with van der Waals surface area (Å²) >= 11 is 0. The highest BCUT2D eigenvalue weighted by Crippen LogP contribution is 2.13. The van der Waals surface area contributed by atoms with Gasteiger partial charge in [-0.1, -0.05) is 12.1 Å². The molecule has 2 heterocycles. The van der Waals surface area contributed by atoms with Crippen molar-refractivity contribution in [3.63, 3.8) is 0 Å². The number of imidazole rings is 1. The van der Waals surface area contributed by atoms with Crippen molar-refractivity contribution in [2.24, 2.45) is 11.5 Å². The molecule has 198 valence electrons. The van der Waals surface area contributed by atoms with Crippen molar-refractivity contribution in [2.45, 2.75) is 37.6 Å². The third-order valence-corrected chi connectivity index (χ3v) is 6.01. The van der Waals surface area contributed by atoms with Crippen LogP contribution in [0.1, 0.15) is 21.5 Å². The Bertz CT molecular complexity index is 1450. The Kier molecular flexibility index (Phi) is 8.46. The molecule has 0 aliphatic heterocycles. The molecule has 4 rings (SSSR count). The quantitative estimate of drug-likeness (QED) is 0.225. The van der Waals surface area contributed by atoms with E-state index < -0.39 is 41.5 Å². The number of fused-ring (bicyclic) bond motifs is 1. The lowest BCUT2D eigenvalue weighted by Crippen LogP contribution is -2.44. The number of amides is 1. The molecule has 0 aliphatic carbocycles. The van der Waals surface area contributed by atoms with Crippen LogP contribution in [0.4, 0.5) is 8.78 Å². The Morgan fingerprint density at radius 3 is 2.74 bits per heavy atom. The SMILES string of the molecule is NC(CNC(=O)c1cccc(CC(=O)C(O)C(N)Cn2cnc3cncnc32)c1)Cc1cc(F)ccc1F. The molecule has 3 atom stereocenters. The van der Waals surface area contributed by atoms with Crippen molar-refractivity contribution in [1.29, 1.82) is 0 Å². The minimum Gasteiger partial charge on any atom is -0.384 e. The second-order valence-electron chi connectivity index (χ2n) is 8.99. The van der Waals surface area contributed by atoms with Gasteiger partial charge in [-0.15, -0.1) is 0 Å². The largest absolute Gasteiger partial charge is 0.384 e. The zero-order valence-electron chi connectivity index (χ0n) is 20.3. The summed E-state index contributed by atoms with van der Waals surface area (Å²) in [6.45, 7) is 0.141. The number of nitrogens with two attached hydrogens (primary N) is 2. The lowest BCUT2D eigenvalue weighted by Gasteiger charge is -2.18. The molecular formula is C26H27F2N7O3. The Morgan fingerprint density at radius 1 is 1.11 bits per heavy atom. The van der Waals surface area contributed by atoms with Crippen LogP contribution in [0, 0.1) is 11.6 Å². The van der Waals surface area contributed by atoms with E-state index in [1.54, 1.807) is 29.0 Å². The van der Waals surface area contributed by atoms with Crippen LogP contribution in [-0.2, 0) is 24.2 Å². The average Bonchev–Trinajstić information content (AvgIpc) is 3.31. The molecule has 0 saturated carbocycles.